The van der Waals surface area contributed by atoms with Crippen molar-refractivity contribution in [3.8, 4) is 5.88 Å². The molecule has 0 fully saturated rings. The van der Waals surface area contributed by atoms with Gasteiger partial charge in [0.25, 0.3) is 0 Å². The number of hydrogen-bond donors (Lipinski definition) is 2. The lowest BCUT2D eigenvalue weighted by molar-refractivity contribution is 0.451. The summed E-state index contributed by atoms with van der Waals surface area (Å²) in [5.41, 5.74) is 1.47. The van der Waals surface area contributed by atoms with E-state index in [0.29, 0.717) is 5.71 Å². The highest BCUT2D eigenvalue weighted by Gasteiger charge is 2.06. The fraction of sp³-hybridized carbons (Fsp3) is 0.143. The largest absolute Gasteiger partial charge is 0.494 e. The molecule has 0 saturated heterocycles. The van der Waals surface area contributed by atoms with Crippen LogP contribution in [0.2, 0.25) is 0 Å². The van der Waals surface area contributed by atoms with E-state index in [9.17, 15) is 0 Å². The number of furan rings is 1. The first-order valence-corrected chi connectivity index (χ1v) is 3.04. The predicted molar refractivity (Wildman–Crippen MR) is 37.0 cm³/mol. The van der Waals surface area contributed by atoms with Crippen LogP contribution < -0.4 is 0 Å². The maximum atomic E-state index is 9.12. The first-order valence-electron chi connectivity index (χ1n) is 3.04. The zero-order chi connectivity index (χ0) is 7.14. The van der Waals surface area contributed by atoms with Crippen LogP contribution in [0.1, 0.15) is 5.56 Å². The summed E-state index contributed by atoms with van der Waals surface area (Å²) in [6.45, 7) is 1.84. The van der Waals surface area contributed by atoms with Crippen molar-refractivity contribution in [3.05, 3.63) is 17.9 Å². The number of aryl methyl sites for hydroxylation is 1. The number of rotatable bonds is 0. The second kappa shape index (κ2) is 1.56. The lowest BCUT2D eigenvalue weighted by atomic mass is 10.3. The molecule has 0 unspecified atom stereocenters. The van der Waals surface area contributed by atoms with Gasteiger partial charge in [0.1, 0.15) is 0 Å². The molecule has 0 aliphatic heterocycles. The van der Waals surface area contributed by atoms with Gasteiger partial charge in [0, 0.05) is 10.9 Å². The average Bonchev–Trinajstić information content (AvgIpc) is 2.41. The third-order valence-electron chi connectivity index (χ3n) is 1.66. The van der Waals surface area contributed by atoms with Crippen LogP contribution in [0.3, 0.4) is 0 Å². The van der Waals surface area contributed by atoms with Gasteiger partial charge in [-0.25, -0.2) is 0 Å². The number of aromatic hydroxyl groups is 1. The molecule has 0 saturated carbocycles. The molecule has 3 heteroatoms. The Bertz CT molecular complexity index is 358. The SMILES string of the molecule is Cc1c(O)[nH]c2occc12. The molecule has 2 heterocycles. The average molecular weight is 137 g/mol. The first-order chi connectivity index (χ1) is 4.79. The molecule has 3 nitrogen and oxygen atoms in total. The summed E-state index contributed by atoms with van der Waals surface area (Å²) in [4.78, 5) is 2.70. The summed E-state index contributed by atoms with van der Waals surface area (Å²) < 4.78 is 5.00. The zero-order valence-corrected chi connectivity index (χ0v) is 5.51. The van der Waals surface area contributed by atoms with Crippen molar-refractivity contribution in [1.82, 2.24) is 4.98 Å². The minimum absolute atomic E-state index is 0.189. The second-order valence-corrected chi connectivity index (χ2v) is 2.26. The van der Waals surface area contributed by atoms with Crippen molar-refractivity contribution in [2.75, 3.05) is 0 Å². The van der Waals surface area contributed by atoms with Crippen molar-refractivity contribution < 1.29 is 9.52 Å². The monoisotopic (exact) mass is 137 g/mol. The molecular formula is C7H7NO2. The third-order valence-corrected chi connectivity index (χ3v) is 1.66. The molecular weight excluding hydrogens is 130 g/mol. The predicted octanol–water partition coefficient (Wildman–Crippen LogP) is 1.77. The van der Waals surface area contributed by atoms with Gasteiger partial charge in [0.05, 0.1) is 6.26 Å². The van der Waals surface area contributed by atoms with Crippen LogP contribution in [0, 0.1) is 6.92 Å². The van der Waals surface area contributed by atoms with Gasteiger partial charge in [-0.3, -0.25) is 4.98 Å². The first kappa shape index (κ1) is 5.41. The molecule has 0 bridgehead atoms. The molecule has 2 aromatic rings. The highest BCUT2D eigenvalue weighted by atomic mass is 16.3. The van der Waals surface area contributed by atoms with E-state index in [-0.39, 0.29) is 5.88 Å². The molecule has 0 aliphatic carbocycles. The van der Waals surface area contributed by atoms with E-state index in [1.54, 1.807) is 6.26 Å². The van der Waals surface area contributed by atoms with E-state index in [1.165, 1.54) is 0 Å². The van der Waals surface area contributed by atoms with Crippen LogP contribution in [-0.2, 0) is 0 Å². The minimum atomic E-state index is 0.189. The van der Waals surface area contributed by atoms with Crippen LogP contribution in [0.15, 0.2) is 16.7 Å². The molecule has 10 heavy (non-hydrogen) atoms. The summed E-state index contributed by atoms with van der Waals surface area (Å²) in [6, 6.07) is 1.82. The van der Waals surface area contributed by atoms with Crippen molar-refractivity contribution in [3.63, 3.8) is 0 Å². The number of hydrogen-bond acceptors (Lipinski definition) is 2. The highest BCUT2D eigenvalue weighted by Crippen LogP contribution is 2.26. The summed E-state index contributed by atoms with van der Waals surface area (Å²) in [5.74, 6) is 0.189. The molecule has 0 aliphatic rings. The summed E-state index contributed by atoms with van der Waals surface area (Å²) in [6.07, 6.45) is 1.59. The standard InChI is InChI=1S/C7H7NO2/c1-4-5-2-3-10-7(5)8-6(4)9/h2-3,8-9H,1H3. The van der Waals surface area contributed by atoms with Gasteiger partial charge in [-0.05, 0) is 13.0 Å². The highest BCUT2D eigenvalue weighted by molar-refractivity contribution is 5.80. The van der Waals surface area contributed by atoms with E-state index in [4.69, 9.17) is 9.52 Å². The molecule has 0 spiro atoms. The quantitative estimate of drug-likeness (QED) is 0.581. The summed E-state index contributed by atoms with van der Waals surface area (Å²) >= 11 is 0. The fourth-order valence-corrected chi connectivity index (χ4v) is 1.03. The smallest absolute Gasteiger partial charge is 0.207 e. The number of nitrogens with one attached hydrogen (secondary N) is 1. The number of H-pyrrole nitrogens is 1. The summed E-state index contributed by atoms with van der Waals surface area (Å²) in [5, 5.41) is 10.1. The molecule has 2 N–H and O–H groups in total. The van der Waals surface area contributed by atoms with E-state index >= 15 is 0 Å². The third kappa shape index (κ3) is 0.492. The van der Waals surface area contributed by atoms with Crippen LogP contribution in [0.4, 0.5) is 0 Å². The molecule has 0 aromatic carbocycles. The van der Waals surface area contributed by atoms with Gasteiger partial charge < -0.3 is 9.52 Å². The molecule has 0 atom stereocenters. The van der Waals surface area contributed by atoms with E-state index in [1.807, 2.05) is 13.0 Å². The Hall–Kier alpha value is -1.38. The van der Waals surface area contributed by atoms with Gasteiger partial charge in [-0.15, -0.1) is 0 Å². The van der Waals surface area contributed by atoms with E-state index in [0.717, 1.165) is 10.9 Å². The Balaban J connectivity index is 2.95. The van der Waals surface area contributed by atoms with Crippen LogP contribution >= 0.6 is 0 Å². The van der Waals surface area contributed by atoms with E-state index < -0.39 is 0 Å². The molecule has 52 valence electrons. The fourth-order valence-electron chi connectivity index (χ4n) is 1.03. The maximum absolute atomic E-state index is 9.12. The normalized spacial score (nSPS) is 10.9. The van der Waals surface area contributed by atoms with Crippen LogP contribution in [0.5, 0.6) is 5.88 Å². The minimum Gasteiger partial charge on any atom is -0.494 e. The van der Waals surface area contributed by atoms with Gasteiger partial charge in [-0.2, -0.15) is 0 Å². The van der Waals surface area contributed by atoms with Crippen molar-refractivity contribution in [2.45, 2.75) is 6.92 Å². The van der Waals surface area contributed by atoms with Crippen molar-refractivity contribution >= 4 is 11.1 Å². The number of fused-ring (bicyclic) bond motifs is 1. The zero-order valence-electron chi connectivity index (χ0n) is 5.51. The van der Waals surface area contributed by atoms with E-state index in [2.05, 4.69) is 4.98 Å². The Morgan fingerprint density at radius 3 is 3.10 bits per heavy atom. The Morgan fingerprint density at radius 2 is 2.40 bits per heavy atom. The topological polar surface area (TPSA) is 49.2 Å². The number of aromatic nitrogens is 1. The Kier molecular flexibility index (Phi) is 0.845. The van der Waals surface area contributed by atoms with Crippen molar-refractivity contribution in [1.29, 1.82) is 0 Å². The van der Waals surface area contributed by atoms with Crippen LogP contribution in [-0.4, -0.2) is 10.1 Å². The maximum Gasteiger partial charge on any atom is 0.207 e. The second-order valence-electron chi connectivity index (χ2n) is 2.26. The molecule has 0 radical (unpaired) electrons. The van der Waals surface area contributed by atoms with Gasteiger partial charge >= 0.3 is 0 Å². The lowest BCUT2D eigenvalue weighted by Gasteiger charge is -1.82. The van der Waals surface area contributed by atoms with Gasteiger partial charge in [0.15, 0.2) is 5.88 Å². The van der Waals surface area contributed by atoms with Gasteiger partial charge in [-0.1, -0.05) is 0 Å². The van der Waals surface area contributed by atoms with Crippen LogP contribution in [0.25, 0.3) is 11.1 Å². The molecule has 0 amide bonds. The lowest BCUT2D eigenvalue weighted by Crippen LogP contribution is -1.64. The molecule has 2 aromatic heterocycles. The number of aromatic amines is 1. The van der Waals surface area contributed by atoms with Crippen molar-refractivity contribution in [2.24, 2.45) is 0 Å². The Morgan fingerprint density at radius 1 is 1.60 bits per heavy atom. The van der Waals surface area contributed by atoms with Gasteiger partial charge in [0.2, 0.25) is 5.71 Å². The Labute approximate surface area is 57.3 Å². The summed E-state index contributed by atoms with van der Waals surface area (Å²) in [7, 11) is 0. The molecule has 2 rings (SSSR count).